The van der Waals surface area contributed by atoms with Crippen LogP contribution in [0.5, 0.6) is 5.75 Å². The summed E-state index contributed by atoms with van der Waals surface area (Å²) in [5.41, 5.74) is 7.18. The van der Waals surface area contributed by atoms with Crippen LogP contribution in [0.3, 0.4) is 0 Å². The van der Waals surface area contributed by atoms with Crippen LogP contribution in [0.4, 0.5) is 0 Å². The highest BCUT2D eigenvalue weighted by Gasteiger charge is 2.16. The van der Waals surface area contributed by atoms with Crippen LogP contribution in [0, 0.1) is 0 Å². The minimum Gasteiger partial charge on any atom is -0.497 e. The van der Waals surface area contributed by atoms with Crippen molar-refractivity contribution in [1.29, 1.82) is 0 Å². The second-order valence-electron chi connectivity index (χ2n) is 5.75. The third-order valence-electron chi connectivity index (χ3n) is 4.07. The maximum Gasteiger partial charge on any atom is 0.188 e. The number of hydrogen-bond acceptors (Lipinski definition) is 4. The van der Waals surface area contributed by atoms with E-state index < -0.39 is 0 Å². The predicted molar refractivity (Wildman–Crippen MR) is 108 cm³/mol. The standard InChI is InChI=1S/C17H28N4O2.HI/c1-14(21-9-11-23-12-10-21)13-20-17(18)19-8-7-15-3-5-16(22-2)6-4-15;/h3-6,14H,7-13H2,1-2H3,(H3,18,19,20);1H. The van der Waals surface area contributed by atoms with Gasteiger partial charge in [-0.25, -0.2) is 0 Å². The molecule has 1 aliphatic heterocycles. The molecular formula is C17H29IN4O2. The Kier molecular flexibility index (Phi) is 10.0. The highest BCUT2D eigenvalue weighted by molar-refractivity contribution is 14.0. The number of halogens is 1. The van der Waals surface area contributed by atoms with E-state index in [1.54, 1.807) is 7.11 Å². The molecule has 6 nitrogen and oxygen atoms in total. The van der Waals surface area contributed by atoms with E-state index in [1.165, 1.54) is 5.56 Å². The molecule has 0 amide bonds. The monoisotopic (exact) mass is 448 g/mol. The number of guanidine groups is 1. The number of morpholine rings is 1. The summed E-state index contributed by atoms with van der Waals surface area (Å²) in [5.74, 6) is 1.39. The lowest BCUT2D eigenvalue weighted by Crippen LogP contribution is -2.44. The van der Waals surface area contributed by atoms with E-state index in [2.05, 4.69) is 34.3 Å². The first-order valence-electron chi connectivity index (χ1n) is 8.17. The fourth-order valence-corrected chi connectivity index (χ4v) is 2.55. The molecule has 0 bridgehead atoms. The topological polar surface area (TPSA) is 72.1 Å². The number of nitrogens with two attached hydrogens (primary N) is 1. The van der Waals surface area contributed by atoms with Crippen LogP contribution in [0.25, 0.3) is 0 Å². The van der Waals surface area contributed by atoms with Crippen LogP contribution in [-0.4, -0.2) is 63.4 Å². The highest BCUT2D eigenvalue weighted by atomic mass is 127. The Hall–Kier alpha value is -1.06. The molecule has 1 atom stereocenters. The number of hydrogen-bond donors (Lipinski definition) is 2. The summed E-state index contributed by atoms with van der Waals surface area (Å²) >= 11 is 0. The molecule has 1 unspecified atom stereocenters. The number of benzene rings is 1. The lowest BCUT2D eigenvalue weighted by Gasteiger charge is -2.31. The minimum absolute atomic E-state index is 0. The third-order valence-corrected chi connectivity index (χ3v) is 4.07. The average Bonchev–Trinajstić information content (AvgIpc) is 2.61. The van der Waals surface area contributed by atoms with Gasteiger partial charge in [-0.15, -0.1) is 24.0 Å². The Labute approximate surface area is 161 Å². The first-order chi connectivity index (χ1) is 11.2. The summed E-state index contributed by atoms with van der Waals surface area (Å²) in [6.45, 7) is 7.23. The maximum atomic E-state index is 5.94. The van der Waals surface area contributed by atoms with Crippen LogP contribution < -0.4 is 15.8 Å². The molecule has 0 aromatic heterocycles. The van der Waals surface area contributed by atoms with E-state index in [0.29, 0.717) is 18.5 Å². The van der Waals surface area contributed by atoms with Gasteiger partial charge >= 0.3 is 0 Å². The van der Waals surface area contributed by atoms with Gasteiger partial charge in [0, 0.05) is 25.7 Å². The number of aliphatic imine (C=N–C) groups is 1. The number of ether oxygens (including phenoxy) is 2. The molecule has 0 saturated carbocycles. The Morgan fingerprint density at radius 2 is 2.00 bits per heavy atom. The van der Waals surface area contributed by atoms with Crippen molar-refractivity contribution in [2.45, 2.75) is 19.4 Å². The quantitative estimate of drug-likeness (QED) is 0.376. The van der Waals surface area contributed by atoms with Crippen molar-refractivity contribution in [2.75, 3.05) is 46.5 Å². The van der Waals surface area contributed by atoms with Crippen molar-refractivity contribution in [3.63, 3.8) is 0 Å². The van der Waals surface area contributed by atoms with Gasteiger partial charge in [-0.05, 0) is 31.0 Å². The zero-order valence-corrected chi connectivity index (χ0v) is 16.9. The van der Waals surface area contributed by atoms with Gasteiger partial charge in [-0.3, -0.25) is 9.89 Å². The van der Waals surface area contributed by atoms with Gasteiger partial charge in [0.15, 0.2) is 5.96 Å². The van der Waals surface area contributed by atoms with Crippen molar-refractivity contribution in [3.8, 4) is 5.75 Å². The number of methoxy groups -OCH3 is 1. The van der Waals surface area contributed by atoms with E-state index in [1.807, 2.05) is 12.1 Å². The van der Waals surface area contributed by atoms with Gasteiger partial charge < -0.3 is 20.5 Å². The minimum atomic E-state index is 0. The normalized spacial score (nSPS) is 17.0. The Balaban J connectivity index is 0.00000288. The fraction of sp³-hybridized carbons (Fsp3) is 0.588. The molecule has 1 saturated heterocycles. The molecule has 1 aliphatic rings. The van der Waals surface area contributed by atoms with Gasteiger partial charge in [0.05, 0.1) is 26.9 Å². The Morgan fingerprint density at radius 3 is 2.62 bits per heavy atom. The second-order valence-corrected chi connectivity index (χ2v) is 5.75. The summed E-state index contributed by atoms with van der Waals surface area (Å²) in [7, 11) is 1.67. The molecule has 24 heavy (non-hydrogen) atoms. The summed E-state index contributed by atoms with van der Waals surface area (Å²) in [4.78, 5) is 6.83. The van der Waals surface area contributed by atoms with E-state index in [4.69, 9.17) is 15.2 Å². The zero-order valence-electron chi connectivity index (χ0n) is 14.5. The Morgan fingerprint density at radius 1 is 1.33 bits per heavy atom. The molecule has 136 valence electrons. The molecular weight excluding hydrogens is 419 g/mol. The van der Waals surface area contributed by atoms with E-state index in [-0.39, 0.29) is 24.0 Å². The van der Waals surface area contributed by atoms with Crippen LogP contribution in [0.2, 0.25) is 0 Å². The van der Waals surface area contributed by atoms with Crippen molar-refractivity contribution in [3.05, 3.63) is 29.8 Å². The smallest absolute Gasteiger partial charge is 0.188 e. The molecule has 1 fully saturated rings. The zero-order chi connectivity index (χ0) is 16.5. The first kappa shape index (κ1) is 21.0. The number of rotatable bonds is 7. The molecule has 1 aromatic rings. The maximum absolute atomic E-state index is 5.94. The molecule has 7 heteroatoms. The van der Waals surface area contributed by atoms with Gasteiger partial charge in [0.2, 0.25) is 0 Å². The molecule has 3 N–H and O–H groups in total. The van der Waals surface area contributed by atoms with Crippen LogP contribution >= 0.6 is 24.0 Å². The van der Waals surface area contributed by atoms with Crippen LogP contribution in [0.1, 0.15) is 12.5 Å². The van der Waals surface area contributed by atoms with Crippen LogP contribution in [-0.2, 0) is 11.2 Å². The molecule has 1 heterocycles. The van der Waals surface area contributed by atoms with E-state index >= 15 is 0 Å². The molecule has 2 rings (SSSR count). The number of nitrogens with zero attached hydrogens (tertiary/aromatic N) is 2. The summed E-state index contributed by atoms with van der Waals surface area (Å²) < 4.78 is 10.5. The summed E-state index contributed by atoms with van der Waals surface area (Å²) in [5, 5.41) is 3.17. The van der Waals surface area contributed by atoms with Gasteiger partial charge in [-0.2, -0.15) is 0 Å². The molecule has 0 radical (unpaired) electrons. The molecule has 0 spiro atoms. The van der Waals surface area contributed by atoms with Crippen molar-refractivity contribution in [1.82, 2.24) is 10.2 Å². The van der Waals surface area contributed by atoms with Crippen molar-refractivity contribution >= 4 is 29.9 Å². The molecule has 0 aliphatic carbocycles. The van der Waals surface area contributed by atoms with E-state index in [9.17, 15) is 0 Å². The van der Waals surface area contributed by atoms with E-state index in [0.717, 1.165) is 45.0 Å². The van der Waals surface area contributed by atoms with Gasteiger partial charge in [-0.1, -0.05) is 12.1 Å². The largest absolute Gasteiger partial charge is 0.497 e. The Bertz CT molecular complexity index is 490. The lowest BCUT2D eigenvalue weighted by atomic mass is 10.1. The number of nitrogens with one attached hydrogen (secondary N) is 1. The van der Waals surface area contributed by atoms with Gasteiger partial charge in [0.1, 0.15) is 5.75 Å². The van der Waals surface area contributed by atoms with Crippen molar-refractivity contribution in [2.24, 2.45) is 10.7 Å². The third kappa shape index (κ3) is 7.23. The lowest BCUT2D eigenvalue weighted by molar-refractivity contribution is 0.0220. The van der Waals surface area contributed by atoms with Crippen LogP contribution in [0.15, 0.2) is 29.3 Å². The van der Waals surface area contributed by atoms with Crippen molar-refractivity contribution < 1.29 is 9.47 Å². The summed E-state index contributed by atoms with van der Waals surface area (Å²) in [6, 6.07) is 8.46. The fourth-order valence-electron chi connectivity index (χ4n) is 2.55. The predicted octanol–water partition coefficient (Wildman–Crippen LogP) is 1.48. The highest BCUT2D eigenvalue weighted by Crippen LogP contribution is 2.11. The summed E-state index contributed by atoms with van der Waals surface area (Å²) in [6.07, 6.45) is 0.902. The molecule has 1 aromatic carbocycles. The second kappa shape index (κ2) is 11.5. The first-order valence-corrected chi connectivity index (χ1v) is 8.17. The van der Waals surface area contributed by atoms with Gasteiger partial charge in [0.25, 0.3) is 0 Å². The SMILES string of the molecule is COc1ccc(CCNC(N)=NCC(C)N2CCOCC2)cc1.I. The average molecular weight is 448 g/mol.